The zero-order chi connectivity index (χ0) is 19.3. The van der Waals surface area contributed by atoms with Crippen LogP contribution in [0.15, 0.2) is 72.3 Å². The average Bonchev–Trinajstić information content (AvgIpc) is 3.34. The van der Waals surface area contributed by atoms with Gasteiger partial charge in [0.1, 0.15) is 5.65 Å². The molecule has 1 amide bonds. The molecule has 0 spiro atoms. The lowest BCUT2D eigenvalue weighted by molar-refractivity contribution is -0.116. The fraction of sp³-hybridized carbons (Fsp3) is 0.130. The fourth-order valence-corrected chi connectivity index (χ4v) is 4.09. The lowest BCUT2D eigenvalue weighted by atomic mass is 10.1. The van der Waals surface area contributed by atoms with Crippen LogP contribution < -0.4 is 5.32 Å². The van der Waals surface area contributed by atoms with Crippen LogP contribution in [-0.2, 0) is 18.3 Å². The van der Waals surface area contributed by atoms with Gasteiger partial charge in [0, 0.05) is 41.7 Å². The first-order chi connectivity index (χ1) is 13.7. The first-order valence-corrected chi connectivity index (χ1v) is 10.1. The van der Waals surface area contributed by atoms with Crippen LogP contribution in [0, 0.1) is 0 Å². The average molecular weight is 388 g/mol. The predicted octanol–water partition coefficient (Wildman–Crippen LogP) is 4.67. The molecule has 0 aliphatic heterocycles. The Morgan fingerprint density at radius 2 is 2.00 bits per heavy atom. The maximum atomic E-state index is 12.3. The number of carbonyl (C=O) groups excluding carboxylic acids is 1. The highest BCUT2D eigenvalue weighted by Gasteiger charge is 2.15. The number of nitrogens with zero attached hydrogens (tertiary/aromatic N) is 2. The Balaban J connectivity index is 1.60. The van der Waals surface area contributed by atoms with E-state index in [1.54, 1.807) is 23.6 Å². The van der Waals surface area contributed by atoms with Crippen LogP contribution in [0.4, 0.5) is 0 Å². The molecule has 0 saturated heterocycles. The minimum absolute atomic E-state index is 0.0866. The molecule has 0 unspecified atom stereocenters. The predicted molar refractivity (Wildman–Crippen MR) is 116 cm³/mol. The van der Waals surface area contributed by atoms with E-state index < -0.39 is 0 Å². The Morgan fingerprint density at radius 3 is 2.79 bits per heavy atom. The molecule has 0 atom stereocenters. The second-order valence-corrected chi connectivity index (χ2v) is 7.55. The number of nitrogens with one attached hydrogen (secondary N) is 1. The van der Waals surface area contributed by atoms with E-state index in [1.807, 2.05) is 49.5 Å². The smallest absolute Gasteiger partial charge is 0.244 e. The number of carbonyl (C=O) groups is 1. The normalized spacial score (nSPS) is 11.3. The zero-order valence-corrected chi connectivity index (χ0v) is 16.4. The van der Waals surface area contributed by atoms with Crippen molar-refractivity contribution in [3.63, 3.8) is 0 Å². The van der Waals surface area contributed by atoms with Gasteiger partial charge in [-0.25, -0.2) is 4.98 Å². The number of fused-ring (bicyclic) bond motifs is 1. The van der Waals surface area contributed by atoms with Crippen LogP contribution >= 0.6 is 11.3 Å². The van der Waals surface area contributed by atoms with Crippen LogP contribution in [-0.4, -0.2) is 22.0 Å². The summed E-state index contributed by atoms with van der Waals surface area (Å²) in [5, 5.41) is 6.05. The van der Waals surface area contributed by atoms with E-state index in [0.717, 1.165) is 34.3 Å². The number of amides is 1. The summed E-state index contributed by atoms with van der Waals surface area (Å²) in [6, 6.07) is 18.3. The Bertz CT molecular complexity index is 1110. The summed E-state index contributed by atoms with van der Waals surface area (Å²) in [5.74, 6) is -0.0866. The largest absolute Gasteiger partial charge is 0.352 e. The number of thiophene rings is 1. The third kappa shape index (κ3) is 3.75. The Hall–Kier alpha value is -3.18. The molecule has 5 heteroatoms. The molecule has 4 aromatic rings. The topological polar surface area (TPSA) is 46.9 Å². The summed E-state index contributed by atoms with van der Waals surface area (Å²) >= 11 is 1.71. The first-order valence-electron chi connectivity index (χ1n) is 9.21. The summed E-state index contributed by atoms with van der Waals surface area (Å²) in [5.41, 5.74) is 4.06. The van der Waals surface area contributed by atoms with Crippen LogP contribution in [0.25, 0.3) is 28.4 Å². The summed E-state index contributed by atoms with van der Waals surface area (Å²) in [7, 11) is 2.01. The lowest BCUT2D eigenvalue weighted by Crippen LogP contribution is -2.23. The summed E-state index contributed by atoms with van der Waals surface area (Å²) in [6.07, 6.45) is 6.15. The van der Waals surface area contributed by atoms with Crippen LogP contribution in [0.5, 0.6) is 0 Å². The molecule has 0 bridgehead atoms. The molecule has 1 N–H and O–H groups in total. The minimum atomic E-state index is -0.0866. The molecule has 0 aliphatic carbocycles. The standard InChI is InChI=1S/C23H21N3OS/c1-26-22(17-7-3-2-4-8-17)19(20-10-5-14-25-23(20)26)11-12-21(27)24-15-13-18-9-6-16-28-18/h2-12,14,16H,13,15H2,1H3,(H,24,27). The van der Waals surface area contributed by atoms with E-state index in [4.69, 9.17) is 0 Å². The lowest BCUT2D eigenvalue weighted by Gasteiger charge is -2.06. The van der Waals surface area contributed by atoms with Gasteiger partial charge in [-0.05, 0) is 41.6 Å². The van der Waals surface area contributed by atoms with Crippen molar-refractivity contribution in [2.24, 2.45) is 7.05 Å². The SMILES string of the molecule is Cn1c(-c2ccccc2)c(C=CC(=O)NCCc2cccs2)c2cccnc21. The molecular formula is C23H21N3OS. The molecule has 140 valence electrons. The van der Waals surface area contributed by atoms with Gasteiger partial charge >= 0.3 is 0 Å². The number of rotatable bonds is 6. The second-order valence-electron chi connectivity index (χ2n) is 6.52. The number of hydrogen-bond acceptors (Lipinski definition) is 3. The van der Waals surface area contributed by atoms with Gasteiger partial charge in [-0.2, -0.15) is 0 Å². The molecule has 0 radical (unpaired) electrons. The number of aryl methyl sites for hydroxylation is 1. The van der Waals surface area contributed by atoms with E-state index in [2.05, 4.69) is 38.4 Å². The van der Waals surface area contributed by atoms with Gasteiger partial charge in [0.2, 0.25) is 5.91 Å². The zero-order valence-electron chi connectivity index (χ0n) is 15.6. The van der Waals surface area contributed by atoms with Gasteiger partial charge in [-0.1, -0.05) is 36.4 Å². The quantitative estimate of drug-likeness (QED) is 0.489. The highest BCUT2D eigenvalue weighted by Crippen LogP contribution is 2.32. The molecule has 3 aromatic heterocycles. The third-order valence-electron chi connectivity index (χ3n) is 4.68. The van der Waals surface area contributed by atoms with Crippen LogP contribution in [0.1, 0.15) is 10.4 Å². The van der Waals surface area contributed by atoms with Gasteiger partial charge in [0.25, 0.3) is 0 Å². The van der Waals surface area contributed by atoms with Gasteiger partial charge in [-0.15, -0.1) is 11.3 Å². The summed E-state index contributed by atoms with van der Waals surface area (Å²) < 4.78 is 2.08. The monoisotopic (exact) mass is 387 g/mol. The van der Waals surface area contributed by atoms with Crippen LogP contribution in [0.3, 0.4) is 0 Å². The van der Waals surface area contributed by atoms with Crippen molar-refractivity contribution >= 4 is 34.4 Å². The van der Waals surface area contributed by atoms with E-state index in [9.17, 15) is 4.79 Å². The molecule has 4 rings (SSSR count). The maximum absolute atomic E-state index is 12.3. The van der Waals surface area contributed by atoms with E-state index in [1.165, 1.54) is 4.88 Å². The minimum Gasteiger partial charge on any atom is -0.352 e. The van der Waals surface area contributed by atoms with Crippen molar-refractivity contribution in [1.82, 2.24) is 14.9 Å². The van der Waals surface area contributed by atoms with Crippen molar-refractivity contribution < 1.29 is 4.79 Å². The van der Waals surface area contributed by atoms with Crippen molar-refractivity contribution in [3.05, 3.63) is 82.7 Å². The Labute approximate surface area is 168 Å². The number of pyridine rings is 1. The van der Waals surface area contributed by atoms with E-state index in [-0.39, 0.29) is 5.91 Å². The molecule has 0 fully saturated rings. The molecule has 4 nitrogen and oxygen atoms in total. The highest BCUT2D eigenvalue weighted by atomic mass is 32.1. The van der Waals surface area contributed by atoms with Gasteiger partial charge in [0.15, 0.2) is 0 Å². The second kappa shape index (κ2) is 8.23. The van der Waals surface area contributed by atoms with Crippen molar-refractivity contribution in [1.29, 1.82) is 0 Å². The maximum Gasteiger partial charge on any atom is 0.244 e. The van der Waals surface area contributed by atoms with Gasteiger partial charge in [-0.3, -0.25) is 4.79 Å². The van der Waals surface area contributed by atoms with Crippen molar-refractivity contribution in [2.45, 2.75) is 6.42 Å². The van der Waals surface area contributed by atoms with E-state index >= 15 is 0 Å². The van der Waals surface area contributed by atoms with Crippen molar-refractivity contribution in [3.8, 4) is 11.3 Å². The van der Waals surface area contributed by atoms with Gasteiger partial charge < -0.3 is 9.88 Å². The van der Waals surface area contributed by atoms with E-state index in [0.29, 0.717) is 6.54 Å². The third-order valence-corrected chi connectivity index (χ3v) is 5.62. The fourth-order valence-electron chi connectivity index (χ4n) is 3.38. The molecular weight excluding hydrogens is 366 g/mol. The number of benzene rings is 1. The Kier molecular flexibility index (Phi) is 5.35. The Morgan fingerprint density at radius 1 is 1.14 bits per heavy atom. The molecule has 0 aliphatic rings. The molecule has 1 aromatic carbocycles. The summed E-state index contributed by atoms with van der Waals surface area (Å²) in [4.78, 5) is 18.1. The number of hydrogen-bond donors (Lipinski definition) is 1. The van der Waals surface area contributed by atoms with Crippen molar-refractivity contribution in [2.75, 3.05) is 6.54 Å². The summed E-state index contributed by atoms with van der Waals surface area (Å²) in [6.45, 7) is 0.631. The molecule has 0 saturated carbocycles. The molecule has 3 heterocycles. The molecule has 28 heavy (non-hydrogen) atoms. The number of aromatic nitrogens is 2. The highest BCUT2D eigenvalue weighted by molar-refractivity contribution is 7.09. The first kappa shape index (κ1) is 18.2. The van der Waals surface area contributed by atoms with Crippen LogP contribution in [0.2, 0.25) is 0 Å². The van der Waals surface area contributed by atoms with Gasteiger partial charge in [0.05, 0.1) is 5.69 Å².